The number of ether oxygens (including phenoxy) is 1. The van der Waals surface area contributed by atoms with Crippen molar-refractivity contribution < 1.29 is 19.7 Å². The maximum atomic E-state index is 11.2. The van der Waals surface area contributed by atoms with Crippen molar-refractivity contribution in [3.05, 3.63) is 12.2 Å². The number of carbonyl (C=O) groups excluding carboxylic acids is 1. The highest BCUT2D eigenvalue weighted by molar-refractivity contribution is 14.1. The van der Waals surface area contributed by atoms with E-state index in [0.29, 0.717) is 4.43 Å². The third-order valence-corrected chi connectivity index (χ3v) is 2.54. The summed E-state index contributed by atoms with van der Waals surface area (Å²) in [4.78, 5) is 11.2. The van der Waals surface area contributed by atoms with Gasteiger partial charge in [-0.3, -0.25) is 0 Å². The fraction of sp³-hybridized carbons (Fsp3) is 0.727. The number of hydrogen-bond donors (Lipinski definition) is 2. The van der Waals surface area contributed by atoms with Crippen molar-refractivity contribution in [3.63, 3.8) is 0 Å². The van der Waals surface area contributed by atoms with Crippen LogP contribution in [0.15, 0.2) is 12.2 Å². The maximum absolute atomic E-state index is 11.2. The van der Waals surface area contributed by atoms with Gasteiger partial charge in [0.15, 0.2) is 0 Å². The van der Waals surface area contributed by atoms with Crippen LogP contribution in [0, 0.1) is 0 Å². The molecule has 0 heterocycles. The summed E-state index contributed by atoms with van der Waals surface area (Å²) in [7, 11) is 0. The number of hydrogen-bond acceptors (Lipinski definition) is 4. The molecular weight excluding hydrogens is 323 g/mol. The van der Waals surface area contributed by atoms with Gasteiger partial charge in [-0.15, -0.1) is 0 Å². The number of esters is 1. The topological polar surface area (TPSA) is 66.8 Å². The van der Waals surface area contributed by atoms with Crippen LogP contribution in [0.5, 0.6) is 0 Å². The fourth-order valence-electron chi connectivity index (χ4n) is 0.899. The average molecular weight is 342 g/mol. The van der Waals surface area contributed by atoms with E-state index in [0.717, 1.165) is 0 Å². The van der Waals surface area contributed by atoms with Gasteiger partial charge in [0.2, 0.25) is 0 Å². The minimum atomic E-state index is -0.837. The highest BCUT2D eigenvalue weighted by Gasteiger charge is 2.15. The molecule has 5 heteroatoms. The lowest BCUT2D eigenvalue weighted by molar-refractivity contribution is -0.148. The Morgan fingerprint density at radius 1 is 1.38 bits per heavy atom. The van der Waals surface area contributed by atoms with Crippen LogP contribution in [0.1, 0.15) is 27.2 Å². The molecule has 0 spiro atoms. The summed E-state index contributed by atoms with van der Waals surface area (Å²) in [5.41, 5.74) is -0.512. The Kier molecular flexibility index (Phi) is 7.17. The Morgan fingerprint density at radius 3 is 2.38 bits per heavy atom. The molecular formula is C11H19IO4. The Hall–Kier alpha value is -0.140. The Balaban J connectivity index is 3.97. The molecule has 0 aliphatic rings. The maximum Gasteiger partial charge on any atom is 0.330 e. The van der Waals surface area contributed by atoms with Crippen LogP contribution in [0.4, 0.5) is 0 Å². The lowest BCUT2D eigenvalue weighted by Gasteiger charge is -2.18. The van der Waals surface area contributed by atoms with E-state index in [1.54, 1.807) is 20.8 Å². The number of halogens is 1. The molecule has 0 saturated carbocycles. The Labute approximate surface area is 110 Å². The minimum Gasteiger partial charge on any atom is -0.457 e. The van der Waals surface area contributed by atoms with Crippen LogP contribution in [-0.2, 0) is 9.53 Å². The first kappa shape index (κ1) is 15.9. The monoisotopic (exact) mass is 342 g/mol. The first-order chi connectivity index (χ1) is 7.26. The number of rotatable bonds is 5. The molecule has 2 N–H and O–H groups in total. The second-order valence-electron chi connectivity index (χ2n) is 4.46. The molecule has 0 aliphatic carbocycles. The standard InChI is InChI=1S/C11H19IO4/c1-11(2,3)16-10(15)6-4-5-8(13)9(14)7-12/h4,6,8-9,13-14H,5,7H2,1-3H3/b6-4-/t8-,9+/m0/s1. The van der Waals surface area contributed by atoms with Crippen LogP contribution >= 0.6 is 22.6 Å². The highest BCUT2D eigenvalue weighted by atomic mass is 127. The molecule has 0 rings (SSSR count). The van der Waals surface area contributed by atoms with Crippen molar-refractivity contribution in [2.24, 2.45) is 0 Å². The number of alkyl halides is 1. The molecule has 0 aromatic carbocycles. The summed E-state index contributed by atoms with van der Waals surface area (Å²) in [5, 5.41) is 18.7. The van der Waals surface area contributed by atoms with Gasteiger partial charge in [0, 0.05) is 10.5 Å². The number of carbonyl (C=O) groups is 1. The lowest BCUT2D eigenvalue weighted by Crippen LogP contribution is -2.26. The summed E-state index contributed by atoms with van der Waals surface area (Å²) < 4.78 is 5.49. The van der Waals surface area contributed by atoms with Crippen molar-refractivity contribution in [1.82, 2.24) is 0 Å². The zero-order chi connectivity index (χ0) is 12.8. The largest absolute Gasteiger partial charge is 0.457 e. The first-order valence-electron chi connectivity index (χ1n) is 5.08. The zero-order valence-electron chi connectivity index (χ0n) is 9.81. The van der Waals surface area contributed by atoms with E-state index in [1.807, 2.05) is 22.6 Å². The van der Waals surface area contributed by atoms with Crippen molar-refractivity contribution in [2.45, 2.75) is 45.0 Å². The van der Waals surface area contributed by atoms with Gasteiger partial charge in [-0.1, -0.05) is 28.7 Å². The van der Waals surface area contributed by atoms with E-state index in [-0.39, 0.29) is 6.42 Å². The van der Waals surface area contributed by atoms with Crippen LogP contribution < -0.4 is 0 Å². The van der Waals surface area contributed by atoms with Gasteiger partial charge < -0.3 is 14.9 Å². The molecule has 0 amide bonds. The predicted molar refractivity (Wildman–Crippen MR) is 70.5 cm³/mol. The molecule has 0 aromatic heterocycles. The second-order valence-corrected chi connectivity index (χ2v) is 5.34. The van der Waals surface area contributed by atoms with Gasteiger partial charge in [-0.25, -0.2) is 4.79 Å². The summed E-state index contributed by atoms with van der Waals surface area (Å²) in [6.45, 7) is 5.36. The SMILES string of the molecule is CC(C)(C)OC(=O)/C=C\C[C@H](O)[C@H](O)CI. The lowest BCUT2D eigenvalue weighted by atomic mass is 10.1. The van der Waals surface area contributed by atoms with Gasteiger partial charge in [0.1, 0.15) is 5.60 Å². The summed E-state index contributed by atoms with van der Waals surface area (Å²) in [6.07, 6.45) is 1.42. The summed E-state index contributed by atoms with van der Waals surface area (Å²) in [5.74, 6) is -0.441. The van der Waals surface area contributed by atoms with E-state index < -0.39 is 23.8 Å². The molecule has 0 fully saturated rings. The highest BCUT2D eigenvalue weighted by Crippen LogP contribution is 2.08. The zero-order valence-corrected chi connectivity index (χ0v) is 12.0. The van der Waals surface area contributed by atoms with Crippen molar-refractivity contribution in [3.8, 4) is 0 Å². The summed E-state index contributed by atoms with van der Waals surface area (Å²) >= 11 is 1.99. The smallest absolute Gasteiger partial charge is 0.330 e. The molecule has 0 bridgehead atoms. The molecule has 0 aliphatic heterocycles. The van der Waals surface area contributed by atoms with E-state index in [9.17, 15) is 15.0 Å². The van der Waals surface area contributed by atoms with Crippen molar-refractivity contribution in [1.29, 1.82) is 0 Å². The molecule has 94 valence electrons. The number of aliphatic hydroxyl groups excluding tert-OH is 2. The van der Waals surface area contributed by atoms with E-state index >= 15 is 0 Å². The van der Waals surface area contributed by atoms with Gasteiger partial charge in [0.25, 0.3) is 0 Å². The van der Waals surface area contributed by atoms with Crippen molar-refractivity contribution >= 4 is 28.6 Å². The molecule has 0 unspecified atom stereocenters. The van der Waals surface area contributed by atoms with Crippen LogP contribution in [-0.4, -0.2) is 38.4 Å². The van der Waals surface area contributed by atoms with Gasteiger partial charge in [-0.05, 0) is 27.2 Å². The molecule has 16 heavy (non-hydrogen) atoms. The predicted octanol–water partition coefficient (Wildman–Crippen LogP) is 1.43. The van der Waals surface area contributed by atoms with Crippen LogP contribution in [0.25, 0.3) is 0 Å². The minimum absolute atomic E-state index is 0.239. The molecule has 0 radical (unpaired) electrons. The van der Waals surface area contributed by atoms with Gasteiger partial charge in [-0.2, -0.15) is 0 Å². The van der Waals surface area contributed by atoms with Crippen molar-refractivity contribution in [2.75, 3.05) is 4.43 Å². The van der Waals surface area contributed by atoms with Crippen LogP contribution in [0.2, 0.25) is 0 Å². The summed E-state index contributed by atoms with van der Waals surface area (Å²) in [6, 6.07) is 0. The quantitative estimate of drug-likeness (QED) is 0.343. The van der Waals surface area contributed by atoms with E-state index in [4.69, 9.17) is 4.74 Å². The average Bonchev–Trinajstić information content (AvgIpc) is 2.13. The van der Waals surface area contributed by atoms with Gasteiger partial charge >= 0.3 is 5.97 Å². The van der Waals surface area contributed by atoms with E-state index in [2.05, 4.69) is 0 Å². The normalized spacial score (nSPS) is 16.1. The third-order valence-electron chi connectivity index (χ3n) is 1.64. The van der Waals surface area contributed by atoms with Gasteiger partial charge in [0.05, 0.1) is 12.2 Å². The second kappa shape index (κ2) is 7.24. The third kappa shape index (κ3) is 8.06. The Morgan fingerprint density at radius 2 is 1.94 bits per heavy atom. The van der Waals surface area contributed by atoms with E-state index in [1.165, 1.54) is 12.2 Å². The Bertz CT molecular complexity index is 245. The van der Waals surface area contributed by atoms with Crippen LogP contribution in [0.3, 0.4) is 0 Å². The fourth-order valence-corrected chi connectivity index (χ4v) is 1.49. The number of aliphatic hydroxyl groups is 2. The first-order valence-corrected chi connectivity index (χ1v) is 6.60. The molecule has 4 nitrogen and oxygen atoms in total. The molecule has 0 saturated heterocycles. The molecule has 0 aromatic rings. The molecule has 2 atom stereocenters.